The molecule has 0 radical (unpaired) electrons. The highest BCUT2D eigenvalue weighted by molar-refractivity contribution is 6.36. The minimum Gasteiger partial charge on any atom is -0.457 e. The molecule has 3 rings (SSSR count). The first-order valence-electron chi connectivity index (χ1n) is 6.56. The highest BCUT2D eigenvalue weighted by Gasteiger charge is 2.34. The summed E-state index contributed by atoms with van der Waals surface area (Å²) >= 11 is 5.93. The van der Waals surface area contributed by atoms with Gasteiger partial charge < -0.3 is 4.74 Å². The lowest BCUT2D eigenvalue weighted by Gasteiger charge is -2.09. The number of alkyl halides is 3. The minimum absolute atomic E-state index is 0.0129. The Labute approximate surface area is 134 Å². The van der Waals surface area contributed by atoms with Crippen molar-refractivity contribution in [2.45, 2.75) is 6.18 Å². The van der Waals surface area contributed by atoms with Crippen molar-refractivity contribution in [1.82, 2.24) is 4.98 Å². The zero-order chi connectivity index (χ0) is 16.6. The van der Waals surface area contributed by atoms with Crippen LogP contribution in [-0.4, -0.2) is 17.6 Å². The maximum absolute atomic E-state index is 12.7. The fourth-order valence-corrected chi connectivity index (χ4v) is 2.55. The first kappa shape index (κ1) is 15.6. The number of nitrogens with zero attached hydrogens (tertiary/aromatic N) is 1. The van der Waals surface area contributed by atoms with Crippen LogP contribution in [0.1, 0.15) is 16.8 Å². The number of benzene rings is 1. The molecule has 0 bridgehead atoms. The molecule has 0 spiro atoms. The second-order valence-corrected chi connectivity index (χ2v) is 5.26. The van der Waals surface area contributed by atoms with E-state index >= 15 is 0 Å². The number of pyridine rings is 1. The van der Waals surface area contributed by atoms with Gasteiger partial charge in [0, 0.05) is 11.8 Å². The van der Waals surface area contributed by atoms with E-state index in [9.17, 15) is 18.0 Å². The zero-order valence-electron chi connectivity index (χ0n) is 11.5. The molecule has 7 heteroatoms. The normalized spacial score (nSPS) is 15.0. The predicted molar refractivity (Wildman–Crippen MR) is 78.5 cm³/mol. The van der Waals surface area contributed by atoms with Crippen LogP contribution in [0.25, 0.3) is 11.1 Å². The van der Waals surface area contributed by atoms with E-state index in [1.54, 1.807) is 24.3 Å². The van der Waals surface area contributed by atoms with Crippen molar-refractivity contribution in [3.8, 4) is 0 Å². The molecule has 0 aliphatic carbocycles. The van der Waals surface area contributed by atoms with Gasteiger partial charge in [-0.05, 0) is 11.6 Å². The lowest BCUT2D eigenvalue weighted by molar-refractivity contribution is -0.137. The summed E-state index contributed by atoms with van der Waals surface area (Å²) in [6, 6.07) is 9.68. The molecular weight excluding hydrogens is 331 g/mol. The van der Waals surface area contributed by atoms with Gasteiger partial charge in [0.25, 0.3) is 0 Å². The quantitative estimate of drug-likeness (QED) is 0.769. The summed E-state index contributed by atoms with van der Waals surface area (Å²) in [5, 5.41) is -0.248. The van der Waals surface area contributed by atoms with Crippen LogP contribution in [-0.2, 0) is 15.7 Å². The number of ether oxygens (including phenoxy) is 1. The van der Waals surface area contributed by atoms with Crippen LogP contribution in [0.2, 0.25) is 5.02 Å². The largest absolute Gasteiger partial charge is 0.457 e. The maximum Gasteiger partial charge on any atom is 0.417 e. The van der Waals surface area contributed by atoms with Crippen LogP contribution >= 0.6 is 11.6 Å². The van der Waals surface area contributed by atoms with Gasteiger partial charge >= 0.3 is 12.1 Å². The van der Waals surface area contributed by atoms with E-state index in [2.05, 4.69) is 4.98 Å². The van der Waals surface area contributed by atoms with E-state index in [1.807, 2.05) is 6.07 Å². The molecule has 2 aromatic rings. The van der Waals surface area contributed by atoms with Gasteiger partial charge in [0.2, 0.25) is 0 Å². The van der Waals surface area contributed by atoms with Gasteiger partial charge in [-0.2, -0.15) is 13.2 Å². The SMILES string of the molecule is O=C1OCC(c2ccccc2)=C1c1ncc(C(F)(F)F)cc1Cl. The molecule has 0 saturated heterocycles. The lowest BCUT2D eigenvalue weighted by atomic mass is 9.99. The van der Waals surface area contributed by atoms with Gasteiger partial charge in [-0.25, -0.2) is 4.79 Å². The molecule has 0 fully saturated rings. The molecular formula is C16H9ClF3NO2. The van der Waals surface area contributed by atoms with Crippen molar-refractivity contribution in [1.29, 1.82) is 0 Å². The van der Waals surface area contributed by atoms with Gasteiger partial charge in [0.05, 0.1) is 21.9 Å². The Balaban J connectivity index is 2.14. The molecule has 1 aliphatic rings. The Morgan fingerprint density at radius 2 is 1.87 bits per heavy atom. The lowest BCUT2D eigenvalue weighted by Crippen LogP contribution is -2.08. The number of hydrogen-bond donors (Lipinski definition) is 0. The predicted octanol–water partition coefficient (Wildman–Crippen LogP) is 4.22. The van der Waals surface area contributed by atoms with E-state index in [4.69, 9.17) is 16.3 Å². The topological polar surface area (TPSA) is 39.2 Å². The summed E-state index contributed by atoms with van der Waals surface area (Å²) in [5.74, 6) is -0.655. The van der Waals surface area contributed by atoms with E-state index in [0.29, 0.717) is 11.8 Å². The average Bonchev–Trinajstić information content (AvgIpc) is 2.89. The Hall–Kier alpha value is -2.34. The number of carbonyl (C=O) groups is 1. The monoisotopic (exact) mass is 339 g/mol. The highest BCUT2D eigenvalue weighted by atomic mass is 35.5. The standard InChI is InChI=1S/C16H9ClF3NO2/c17-12-6-10(16(18,19)20)7-21-14(12)13-11(8-23-15(13)22)9-4-2-1-3-5-9/h1-7H,8H2. The molecule has 0 N–H and O–H groups in total. The molecule has 1 aromatic heterocycles. The molecule has 0 unspecified atom stereocenters. The number of carbonyl (C=O) groups excluding carboxylic acids is 1. The number of cyclic esters (lactones) is 1. The van der Waals surface area contributed by atoms with Crippen molar-refractivity contribution in [3.05, 3.63) is 64.4 Å². The summed E-state index contributed by atoms with van der Waals surface area (Å²) in [7, 11) is 0. The molecule has 118 valence electrons. The van der Waals surface area contributed by atoms with Crippen molar-refractivity contribution < 1.29 is 22.7 Å². The third-order valence-electron chi connectivity index (χ3n) is 3.38. The Bertz CT molecular complexity index is 801. The minimum atomic E-state index is -4.55. The second-order valence-electron chi connectivity index (χ2n) is 4.85. The number of esters is 1. The number of halogens is 4. The van der Waals surface area contributed by atoms with Gasteiger partial charge in [-0.1, -0.05) is 41.9 Å². The smallest absolute Gasteiger partial charge is 0.417 e. The molecule has 2 heterocycles. The second kappa shape index (κ2) is 5.70. The Kier molecular flexibility index (Phi) is 3.85. The van der Waals surface area contributed by atoms with E-state index in [0.717, 1.165) is 11.6 Å². The fraction of sp³-hybridized carbons (Fsp3) is 0.125. The van der Waals surface area contributed by atoms with Gasteiger partial charge in [0.1, 0.15) is 6.61 Å². The van der Waals surface area contributed by atoms with Crippen LogP contribution in [0.5, 0.6) is 0 Å². The van der Waals surface area contributed by atoms with Crippen molar-refractivity contribution in [3.63, 3.8) is 0 Å². The fourth-order valence-electron chi connectivity index (χ4n) is 2.29. The van der Waals surface area contributed by atoms with Crippen LogP contribution in [0.4, 0.5) is 13.2 Å². The summed E-state index contributed by atoms with van der Waals surface area (Å²) < 4.78 is 43.1. The Morgan fingerprint density at radius 1 is 1.17 bits per heavy atom. The summed E-state index contributed by atoms with van der Waals surface area (Å²) in [5.41, 5.74) is 0.381. The third-order valence-corrected chi connectivity index (χ3v) is 3.67. The van der Waals surface area contributed by atoms with Crippen LogP contribution in [0.3, 0.4) is 0 Å². The molecule has 1 aromatic carbocycles. The van der Waals surface area contributed by atoms with Crippen LogP contribution < -0.4 is 0 Å². The molecule has 0 atom stereocenters. The Morgan fingerprint density at radius 3 is 2.48 bits per heavy atom. The molecule has 23 heavy (non-hydrogen) atoms. The van der Waals surface area contributed by atoms with Gasteiger partial charge in [-0.3, -0.25) is 4.98 Å². The molecule has 1 aliphatic heterocycles. The van der Waals surface area contributed by atoms with E-state index < -0.39 is 17.7 Å². The molecule has 0 amide bonds. The van der Waals surface area contributed by atoms with Crippen LogP contribution in [0.15, 0.2) is 42.6 Å². The van der Waals surface area contributed by atoms with Crippen molar-refractivity contribution >= 4 is 28.7 Å². The summed E-state index contributed by atoms with van der Waals surface area (Å²) in [4.78, 5) is 15.7. The van der Waals surface area contributed by atoms with E-state index in [-0.39, 0.29) is 22.9 Å². The average molecular weight is 340 g/mol. The van der Waals surface area contributed by atoms with Gasteiger partial charge in [0.15, 0.2) is 0 Å². The highest BCUT2D eigenvalue weighted by Crippen LogP contribution is 2.37. The van der Waals surface area contributed by atoms with Gasteiger partial charge in [-0.15, -0.1) is 0 Å². The first-order valence-corrected chi connectivity index (χ1v) is 6.94. The molecule has 3 nitrogen and oxygen atoms in total. The summed E-state index contributed by atoms with van der Waals surface area (Å²) in [6.07, 6.45) is -3.90. The number of aromatic nitrogens is 1. The van der Waals surface area contributed by atoms with E-state index in [1.165, 1.54) is 0 Å². The van der Waals surface area contributed by atoms with Crippen molar-refractivity contribution in [2.24, 2.45) is 0 Å². The number of rotatable bonds is 2. The maximum atomic E-state index is 12.7. The first-order chi connectivity index (χ1) is 10.9. The zero-order valence-corrected chi connectivity index (χ0v) is 12.3. The third kappa shape index (κ3) is 2.94. The van der Waals surface area contributed by atoms with Crippen LogP contribution in [0, 0.1) is 0 Å². The molecule has 0 saturated carbocycles. The van der Waals surface area contributed by atoms with Crippen molar-refractivity contribution in [2.75, 3.05) is 6.61 Å². The number of hydrogen-bond acceptors (Lipinski definition) is 3. The summed E-state index contributed by atoms with van der Waals surface area (Å²) in [6.45, 7) is 0.0250.